The molecule has 0 unspecified atom stereocenters. The molecule has 0 bridgehead atoms. The van der Waals surface area contributed by atoms with Gasteiger partial charge in [-0.25, -0.2) is 4.79 Å². The SMILES string of the molecule is C=CCc1ccc(C(=O)O[C@H]2COC(C)(C)O2)cc1. The zero-order valence-electron chi connectivity index (χ0n) is 11.2. The van der Waals surface area contributed by atoms with Gasteiger partial charge >= 0.3 is 5.97 Å². The number of ether oxygens (including phenoxy) is 3. The van der Waals surface area contributed by atoms with E-state index in [1.165, 1.54) is 0 Å². The number of benzene rings is 1. The van der Waals surface area contributed by atoms with Gasteiger partial charge in [0.25, 0.3) is 0 Å². The van der Waals surface area contributed by atoms with Crippen molar-refractivity contribution in [3.8, 4) is 0 Å². The van der Waals surface area contributed by atoms with Gasteiger partial charge in [-0.05, 0) is 38.0 Å². The molecular weight excluding hydrogens is 244 g/mol. The zero-order chi connectivity index (χ0) is 13.9. The molecule has 0 radical (unpaired) electrons. The van der Waals surface area contributed by atoms with Crippen molar-refractivity contribution in [2.75, 3.05) is 6.61 Å². The molecule has 1 saturated heterocycles. The molecular formula is C15H18O4. The first-order valence-corrected chi connectivity index (χ1v) is 6.23. The van der Waals surface area contributed by atoms with Crippen molar-refractivity contribution < 1.29 is 19.0 Å². The zero-order valence-corrected chi connectivity index (χ0v) is 11.2. The van der Waals surface area contributed by atoms with Crippen molar-refractivity contribution in [3.63, 3.8) is 0 Å². The molecule has 1 atom stereocenters. The van der Waals surface area contributed by atoms with Gasteiger partial charge < -0.3 is 14.2 Å². The van der Waals surface area contributed by atoms with Crippen molar-refractivity contribution in [3.05, 3.63) is 48.0 Å². The molecule has 0 spiro atoms. The van der Waals surface area contributed by atoms with Crippen molar-refractivity contribution in [2.24, 2.45) is 0 Å². The fraction of sp³-hybridized carbons (Fsp3) is 0.400. The second-order valence-corrected chi connectivity index (χ2v) is 4.85. The third-order valence-electron chi connectivity index (χ3n) is 2.79. The van der Waals surface area contributed by atoms with E-state index in [2.05, 4.69) is 6.58 Å². The number of rotatable bonds is 4. The van der Waals surface area contributed by atoms with E-state index < -0.39 is 18.0 Å². The average molecular weight is 262 g/mol. The predicted octanol–water partition coefficient (Wildman–Crippen LogP) is 2.68. The minimum Gasteiger partial charge on any atom is -0.429 e. The molecule has 1 fully saturated rings. The highest BCUT2D eigenvalue weighted by molar-refractivity contribution is 5.89. The van der Waals surface area contributed by atoms with Gasteiger partial charge in [-0.3, -0.25) is 0 Å². The van der Waals surface area contributed by atoms with E-state index in [0.717, 1.165) is 12.0 Å². The average Bonchev–Trinajstić information content (AvgIpc) is 2.70. The Bertz CT molecular complexity index is 462. The molecule has 1 aliphatic rings. The Morgan fingerprint density at radius 3 is 2.68 bits per heavy atom. The smallest absolute Gasteiger partial charge is 0.340 e. The van der Waals surface area contributed by atoms with E-state index in [9.17, 15) is 4.79 Å². The maximum absolute atomic E-state index is 11.9. The molecule has 0 amide bonds. The highest BCUT2D eigenvalue weighted by atomic mass is 16.8. The number of carbonyl (C=O) groups excluding carboxylic acids is 1. The Morgan fingerprint density at radius 1 is 1.47 bits per heavy atom. The van der Waals surface area contributed by atoms with Crippen LogP contribution in [0.25, 0.3) is 0 Å². The van der Waals surface area contributed by atoms with Crippen molar-refractivity contribution in [2.45, 2.75) is 32.3 Å². The second kappa shape index (κ2) is 5.55. The number of carbonyl (C=O) groups is 1. The van der Waals surface area contributed by atoms with Gasteiger partial charge in [0.15, 0.2) is 5.79 Å². The Morgan fingerprint density at radius 2 is 2.16 bits per heavy atom. The van der Waals surface area contributed by atoms with Crippen molar-refractivity contribution in [1.82, 2.24) is 0 Å². The third-order valence-corrected chi connectivity index (χ3v) is 2.79. The van der Waals surface area contributed by atoms with E-state index in [0.29, 0.717) is 5.56 Å². The fourth-order valence-corrected chi connectivity index (χ4v) is 1.84. The first-order valence-electron chi connectivity index (χ1n) is 6.23. The summed E-state index contributed by atoms with van der Waals surface area (Å²) in [6, 6.07) is 7.24. The standard InChI is InChI=1S/C15H18O4/c1-4-5-11-6-8-12(9-7-11)14(16)18-13-10-17-15(2,3)19-13/h4,6-9,13H,1,5,10H2,2-3H3/t13-/m1/s1. The van der Waals surface area contributed by atoms with Crippen LogP contribution in [-0.4, -0.2) is 24.7 Å². The molecule has 1 aromatic rings. The maximum Gasteiger partial charge on any atom is 0.340 e. The van der Waals surface area contributed by atoms with Crippen LogP contribution in [0.3, 0.4) is 0 Å². The van der Waals surface area contributed by atoms with Gasteiger partial charge in [-0.2, -0.15) is 0 Å². The van der Waals surface area contributed by atoms with Crippen LogP contribution >= 0.6 is 0 Å². The minimum atomic E-state index is -0.696. The number of hydrogen-bond acceptors (Lipinski definition) is 4. The van der Waals surface area contributed by atoms with Gasteiger partial charge in [-0.15, -0.1) is 6.58 Å². The van der Waals surface area contributed by atoms with Gasteiger partial charge in [-0.1, -0.05) is 18.2 Å². The Kier molecular flexibility index (Phi) is 4.02. The van der Waals surface area contributed by atoms with Crippen LogP contribution in [0.2, 0.25) is 0 Å². The lowest BCUT2D eigenvalue weighted by molar-refractivity contribution is -0.175. The quantitative estimate of drug-likeness (QED) is 0.618. The first-order chi connectivity index (χ1) is 9.00. The molecule has 0 N–H and O–H groups in total. The lowest BCUT2D eigenvalue weighted by Gasteiger charge is -2.16. The van der Waals surface area contributed by atoms with Crippen LogP contribution in [0.1, 0.15) is 29.8 Å². The van der Waals surface area contributed by atoms with E-state index in [-0.39, 0.29) is 6.61 Å². The van der Waals surface area contributed by atoms with Crippen LogP contribution in [-0.2, 0) is 20.6 Å². The Hall–Kier alpha value is -1.65. The van der Waals surface area contributed by atoms with Crippen molar-refractivity contribution in [1.29, 1.82) is 0 Å². The molecule has 4 nitrogen and oxygen atoms in total. The molecule has 0 saturated carbocycles. The molecule has 4 heteroatoms. The normalized spacial score (nSPS) is 21.1. The third kappa shape index (κ3) is 3.66. The topological polar surface area (TPSA) is 44.8 Å². The van der Waals surface area contributed by atoms with Gasteiger partial charge in [0.05, 0.1) is 5.56 Å². The van der Waals surface area contributed by atoms with Crippen LogP contribution in [0.5, 0.6) is 0 Å². The summed E-state index contributed by atoms with van der Waals surface area (Å²) in [5, 5.41) is 0. The van der Waals surface area contributed by atoms with Gasteiger partial charge in [0.2, 0.25) is 6.29 Å². The molecule has 1 heterocycles. The number of esters is 1. The summed E-state index contributed by atoms with van der Waals surface area (Å²) in [6.45, 7) is 7.50. The lowest BCUT2D eigenvalue weighted by Crippen LogP contribution is -2.24. The molecule has 0 aromatic heterocycles. The molecule has 102 valence electrons. The highest BCUT2D eigenvalue weighted by Crippen LogP contribution is 2.23. The summed E-state index contributed by atoms with van der Waals surface area (Å²) in [5.41, 5.74) is 1.61. The van der Waals surface area contributed by atoms with Crippen LogP contribution in [0.4, 0.5) is 0 Å². The van der Waals surface area contributed by atoms with Gasteiger partial charge in [0, 0.05) is 0 Å². The van der Waals surface area contributed by atoms with Crippen LogP contribution < -0.4 is 0 Å². The summed E-state index contributed by atoms with van der Waals surface area (Å²) < 4.78 is 16.0. The van der Waals surface area contributed by atoms with E-state index in [1.807, 2.05) is 18.2 Å². The summed E-state index contributed by atoms with van der Waals surface area (Å²) in [6.07, 6.45) is 1.96. The van der Waals surface area contributed by atoms with Crippen LogP contribution in [0.15, 0.2) is 36.9 Å². The first kappa shape index (κ1) is 13.8. The second-order valence-electron chi connectivity index (χ2n) is 4.85. The fourth-order valence-electron chi connectivity index (χ4n) is 1.84. The van der Waals surface area contributed by atoms with Gasteiger partial charge in [0.1, 0.15) is 6.61 Å². The molecule has 19 heavy (non-hydrogen) atoms. The van der Waals surface area contributed by atoms with E-state index in [4.69, 9.17) is 14.2 Å². The number of allylic oxidation sites excluding steroid dienone is 1. The molecule has 1 aliphatic heterocycles. The summed E-state index contributed by atoms with van der Waals surface area (Å²) in [4.78, 5) is 11.9. The highest BCUT2D eigenvalue weighted by Gasteiger charge is 2.35. The predicted molar refractivity (Wildman–Crippen MR) is 70.7 cm³/mol. The summed E-state index contributed by atoms with van der Waals surface area (Å²) in [7, 11) is 0. The lowest BCUT2D eigenvalue weighted by atomic mass is 10.1. The minimum absolute atomic E-state index is 0.257. The monoisotopic (exact) mass is 262 g/mol. The summed E-state index contributed by atoms with van der Waals surface area (Å²) >= 11 is 0. The largest absolute Gasteiger partial charge is 0.429 e. The molecule has 2 rings (SSSR count). The molecule has 1 aromatic carbocycles. The van der Waals surface area contributed by atoms with E-state index in [1.54, 1.807) is 26.0 Å². The Labute approximate surface area is 113 Å². The van der Waals surface area contributed by atoms with Crippen LogP contribution in [0, 0.1) is 0 Å². The Balaban J connectivity index is 1.94. The maximum atomic E-state index is 11.9. The van der Waals surface area contributed by atoms with Crippen molar-refractivity contribution >= 4 is 5.97 Å². The molecule has 0 aliphatic carbocycles. The van der Waals surface area contributed by atoms with E-state index >= 15 is 0 Å². The number of hydrogen-bond donors (Lipinski definition) is 0. The summed E-state index contributed by atoms with van der Waals surface area (Å²) in [5.74, 6) is -1.10.